The lowest BCUT2D eigenvalue weighted by Gasteiger charge is -2.29. The van der Waals surface area contributed by atoms with E-state index in [9.17, 15) is 4.79 Å². The molecule has 0 radical (unpaired) electrons. The molecule has 0 unspecified atom stereocenters. The molecular weight excluding hydrogens is 240 g/mol. The number of piperidine rings is 1. The number of benzene rings is 1. The fourth-order valence-electron chi connectivity index (χ4n) is 2.51. The summed E-state index contributed by atoms with van der Waals surface area (Å²) in [6.45, 7) is 2.09. The first kappa shape index (κ1) is 12.2. The number of aromatic nitrogens is 2. The molecule has 19 heavy (non-hydrogen) atoms. The van der Waals surface area contributed by atoms with E-state index in [1.54, 1.807) is 6.20 Å². The van der Waals surface area contributed by atoms with E-state index in [4.69, 9.17) is 0 Å². The molecule has 0 spiro atoms. The summed E-state index contributed by atoms with van der Waals surface area (Å²) in [5.41, 5.74) is 1.66. The van der Waals surface area contributed by atoms with E-state index in [1.165, 1.54) is 0 Å². The topological polar surface area (TPSA) is 61.0 Å². The smallest absolute Gasteiger partial charge is 0.251 e. The third kappa shape index (κ3) is 2.61. The van der Waals surface area contributed by atoms with Gasteiger partial charge < -0.3 is 10.2 Å². The van der Waals surface area contributed by atoms with Gasteiger partial charge in [0.1, 0.15) is 0 Å². The van der Waals surface area contributed by atoms with Crippen molar-refractivity contribution in [3.63, 3.8) is 0 Å². The Kier molecular flexibility index (Phi) is 3.21. The number of aromatic amines is 1. The Bertz CT molecular complexity index is 584. The molecule has 1 aliphatic rings. The van der Waals surface area contributed by atoms with E-state index >= 15 is 0 Å². The van der Waals surface area contributed by atoms with E-state index in [1.807, 2.05) is 18.2 Å². The number of nitrogens with one attached hydrogen (secondary N) is 2. The van der Waals surface area contributed by atoms with Crippen LogP contribution in [-0.2, 0) is 0 Å². The average Bonchev–Trinajstić information content (AvgIpc) is 2.88. The van der Waals surface area contributed by atoms with Gasteiger partial charge in [0.2, 0.25) is 0 Å². The Morgan fingerprint density at radius 2 is 2.21 bits per heavy atom. The first-order valence-corrected chi connectivity index (χ1v) is 6.65. The summed E-state index contributed by atoms with van der Waals surface area (Å²) in [4.78, 5) is 14.5. The molecule has 2 N–H and O–H groups in total. The number of amides is 1. The largest absolute Gasteiger partial charge is 0.349 e. The summed E-state index contributed by atoms with van der Waals surface area (Å²) < 4.78 is 0. The van der Waals surface area contributed by atoms with Gasteiger partial charge in [-0.05, 0) is 51.2 Å². The molecule has 0 saturated carbocycles. The van der Waals surface area contributed by atoms with Crippen LogP contribution in [0.4, 0.5) is 0 Å². The zero-order valence-electron chi connectivity index (χ0n) is 11.0. The van der Waals surface area contributed by atoms with Crippen LogP contribution in [0.15, 0.2) is 24.4 Å². The highest BCUT2D eigenvalue weighted by Gasteiger charge is 2.19. The van der Waals surface area contributed by atoms with Crippen molar-refractivity contribution in [1.82, 2.24) is 20.4 Å². The van der Waals surface area contributed by atoms with Crippen LogP contribution < -0.4 is 5.32 Å². The molecule has 0 bridgehead atoms. The molecule has 1 aliphatic heterocycles. The summed E-state index contributed by atoms with van der Waals surface area (Å²) in [6.07, 6.45) is 3.79. The van der Waals surface area contributed by atoms with Crippen LogP contribution >= 0.6 is 0 Å². The van der Waals surface area contributed by atoms with Gasteiger partial charge >= 0.3 is 0 Å². The van der Waals surface area contributed by atoms with Crippen molar-refractivity contribution >= 4 is 16.8 Å². The highest BCUT2D eigenvalue weighted by atomic mass is 16.1. The molecule has 1 fully saturated rings. The minimum atomic E-state index is 0.0117. The second kappa shape index (κ2) is 5.01. The summed E-state index contributed by atoms with van der Waals surface area (Å²) >= 11 is 0. The van der Waals surface area contributed by atoms with Crippen LogP contribution in [-0.4, -0.2) is 47.2 Å². The Balaban J connectivity index is 1.69. The first-order chi connectivity index (χ1) is 9.22. The lowest BCUT2D eigenvalue weighted by atomic mass is 10.0. The summed E-state index contributed by atoms with van der Waals surface area (Å²) in [5.74, 6) is 0.0117. The lowest BCUT2D eigenvalue weighted by molar-refractivity contribution is 0.0917. The van der Waals surface area contributed by atoms with Crippen LogP contribution in [0.5, 0.6) is 0 Å². The fraction of sp³-hybridized carbons (Fsp3) is 0.429. The number of rotatable bonds is 2. The van der Waals surface area contributed by atoms with Crippen LogP contribution in [0.25, 0.3) is 10.9 Å². The number of carbonyl (C=O) groups excluding carboxylic acids is 1. The van der Waals surface area contributed by atoms with Gasteiger partial charge in [0.25, 0.3) is 5.91 Å². The zero-order valence-corrected chi connectivity index (χ0v) is 11.0. The van der Waals surface area contributed by atoms with Gasteiger partial charge in [0, 0.05) is 17.0 Å². The van der Waals surface area contributed by atoms with Crippen LogP contribution in [0, 0.1) is 0 Å². The van der Waals surface area contributed by atoms with Crippen molar-refractivity contribution in [1.29, 1.82) is 0 Å². The van der Waals surface area contributed by atoms with Crippen molar-refractivity contribution < 1.29 is 4.79 Å². The van der Waals surface area contributed by atoms with Gasteiger partial charge in [-0.25, -0.2) is 0 Å². The van der Waals surface area contributed by atoms with E-state index in [-0.39, 0.29) is 5.91 Å². The molecule has 0 aliphatic carbocycles. The number of likely N-dealkylation sites (tertiary alicyclic amines) is 1. The van der Waals surface area contributed by atoms with Gasteiger partial charge in [-0.15, -0.1) is 0 Å². The normalized spacial score (nSPS) is 17.7. The van der Waals surface area contributed by atoms with E-state index < -0.39 is 0 Å². The van der Waals surface area contributed by atoms with Crippen molar-refractivity contribution in [2.45, 2.75) is 18.9 Å². The van der Waals surface area contributed by atoms with Crippen molar-refractivity contribution in [3.8, 4) is 0 Å². The third-order valence-corrected chi connectivity index (χ3v) is 3.76. The third-order valence-electron chi connectivity index (χ3n) is 3.76. The maximum absolute atomic E-state index is 12.2. The summed E-state index contributed by atoms with van der Waals surface area (Å²) in [7, 11) is 2.12. The highest BCUT2D eigenvalue weighted by molar-refractivity contribution is 5.97. The van der Waals surface area contributed by atoms with E-state index in [2.05, 4.69) is 27.5 Å². The molecule has 1 aromatic carbocycles. The lowest BCUT2D eigenvalue weighted by Crippen LogP contribution is -2.43. The highest BCUT2D eigenvalue weighted by Crippen LogP contribution is 2.14. The van der Waals surface area contributed by atoms with Gasteiger partial charge in [0.05, 0.1) is 11.7 Å². The number of carbonyl (C=O) groups is 1. The molecular formula is C14H18N4O. The standard InChI is InChI=1S/C14H18N4O/c1-18-6-4-12(5-7-18)16-14(19)10-2-3-13-11(8-10)9-15-17-13/h2-3,8-9,12H,4-7H2,1H3,(H,15,17)(H,16,19). The first-order valence-electron chi connectivity index (χ1n) is 6.65. The Morgan fingerprint density at radius 3 is 3.00 bits per heavy atom. The number of H-pyrrole nitrogens is 1. The second-order valence-electron chi connectivity index (χ2n) is 5.22. The van der Waals surface area contributed by atoms with Crippen LogP contribution in [0.3, 0.4) is 0 Å². The van der Waals surface area contributed by atoms with Crippen LogP contribution in [0.2, 0.25) is 0 Å². The molecule has 1 aromatic heterocycles. The number of hydrogen-bond donors (Lipinski definition) is 2. The number of fused-ring (bicyclic) bond motifs is 1. The molecule has 2 heterocycles. The summed E-state index contributed by atoms with van der Waals surface area (Å²) in [5, 5.41) is 10.9. The maximum Gasteiger partial charge on any atom is 0.251 e. The molecule has 5 heteroatoms. The van der Waals surface area contributed by atoms with E-state index in [0.29, 0.717) is 11.6 Å². The monoisotopic (exact) mass is 258 g/mol. The molecule has 3 rings (SSSR count). The minimum absolute atomic E-state index is 0.0117. The Morgan fingerprint density at radius 1 is 1.42 bits per heavy atom. The second-order valence-corrected chi connectivity index (χ2v) is 5.22. The SMILES string of the molecule is CN1CCC(NC(=O)c2ccc3[nH]ncc3c2)CC1. The Hall–Kier alpha value is -1.88. The molecule has 0 atom stereocenters. The maximum atomic E-state index is 12.2. The van der Waals surface area contributed by atoms with Crippen molar-refractivity contribution in [2.24, 2.45) is 0 Å². The zero-order chi connectivity index (χ0) is 13.2. The van der Waals surface area contributed by atoms with Gasteiger partial charge in [-0.1, -0.05) is 0 Å². The minimum Gasteiger partial charge on any atom is -0.349 e. The van der Waals surface area contributed by atoms with Gasteiger partial charge in [-0.3, -0.25) is 9.89 Å². The fourth-order valence-corrected chi connectivity index (χ4v) is 2.51. The van der Waals surface area contributed by atoms with Crippen LogP contribution in [0.1, 0.15) is 23.2 Å². The molecule has 5 nitrogen and oxygen atoms in total. The average molecular weight is 258 g/mol. The number of nitrogens with zero attached hydrogens (tertiary/aromatic N) is 2. The van der Waals surface area contributed by atoms with Crippen molar-refractivity contribution in [2.75, 3.05) is 20.1 Å². The van der Waals surface area contributed by atoms with E-state index in [0.717, 1.165) is 36.8 Å². The molecule has 100 valence electrons. The predicted molar refractivity (Wildman–Crippen MR) is 74.1 cm³/mol. The van der Waals surface area contributed by atoms with Gasteiger partial charge in [-0.2, -0.15) is 5.10 Å². The number of hydrogen-bond acceptors (Lipinski definition) is 3. The Labute approximate surface area is 112 Å². The summed E-state index contributed by atoms with van der Waals surface area (Å²) in [6, 6.07) is 5.91. The molecule has 2 aromatic rings. The quantitative estimate of drug-likeness (QED) is 0.855. The molecule has 1 amide bonds. The van der Waals surface area contributed by atoms with Crippen molar-refractivity contribution in [3.05, 3.63) is 30.0 Å². The van der Waals surface area contributed by atoms with Gasteiger partial charge in [0.15, 0.2) is 0 Å². The molecule has 1 saturated heterocycles. The predicted octanol–water partition coefficient (Wildman–Crippen LogP) is 1.39.